The van der Waals surface area contributed by atoms with E-state index >= 15 is 0 Å². The van der Waals surface area contributed by atoms with Crippen molar-refractivity contribution < 1.29 is 4.74 Å². The van der Waals surface area contributed by atoms with Gasteiger partial charge in [-0.3, -0.25) is 0 Å². The maximum absolute atomic E-state index is 5.28. The molecule has 0 amide bonds. The molecular formula is C7H8Br2N2O. The summed E-state index contributed by atoms with van der Waals surface area (Å²) in [6.45, 7) is 0.970. The molecular weight excluding hydrogens is 288 g/mol. The topological polar surface area (TPSA) is 48.1 Å². The monoisotopic (exact) mass is 294 g/mol. The van der Waals surface area contributed by atoms with Crippen LogP contribution < -0.4 is 10.5 Å². The van der Waals surface area contributed by atoms with Gasteiger partial charge in [0.25, 0.3) is 0 Å². The predicted molar refractivity (Wildman–Crippen MR) is 54.2 cm³/mol. The highest BCUT2D eigenvalue weighted by Crippen LogP contribution is 2.24. The maximum Gasteiger partial charge on any atom is 0.228 e. The van der Waals surface area contributed by atoms with Gasteiger partial charge in [0.2, 0.25) is 5.88 Å². The Morgan fingerprint density at radius 1 is 1.50 bits per heavy atom. The third-order valence-corrected chi connectivity index (χ3v) is 2.13. The van der Waals surface area contributed by atoms with Crippen molar-refractivity contribution in [2.24, 2.45) is 5.73 Å². The molecule has 0 atom stereocenters. The van der Waals surface area contributed by atoms with Gasteiger partial charge in [-0.1, -0.05) is 0 Å². The summed E-state index contributed by atoms with van der Waals surface area (Å²) in [6.07, 6.45) is 1.68. The van der Waals surface area contributed by atoms with E-state index in [9.17, 15) is 0 Å². The highest BCUT2D eigenvalue weighted by atomic mass is 79.9. The Hall–Kier alpha value is -0.130. The smallest absolute Gasteiger partial charge is 0.228 e. The molecule has 12 heavy (non-hydrogen) atoms. The molecule has 0 aliphatic carbocycles. The zero-order valence-corrected chi connectivity index (χ0v) is 9.43. The highest BCUT2D eigenvalue weighted by molar-refractivity contribution is 9.11. The van der Waals surface area contributed by atoms with Gasteiger partial charge in [0, 0.05) is 17.2 Å². The second-order valence-electron chi connectivity index (χ2n) is 2.08. The number of aromatic nitrogens is 1. The summed E-state index contributed by atoms with van der Waals surface area (Å²) in [5, 5.41) is 0. The van der Waals surface area contributed by atoms with Crippen LogP contribution in [0.2, 0.25) is 0 Å². The molecule has 0 saturated heterocycles. The summed E-state index contributed by atoms with van der Waals surface area (Å²) in [4.78, 5) is 4.04. The van der Waals surface area contributed by atoms with Crippen LogP contribution in [0.3, 0.4) is 0 Å². The Balaban J connectivity index is 2.72. The van der Waals surface area contributed by atoms with Crippen molar-refractivity contribution in [1.82, 2.24) is 4.98 Å². The fourth-order valence-corrected chi connectivity index (χ4v) is 1.77. The molecule has 1 rings (SSSR count). The lowest BCUT2D eigenvalue weighted by Crippen LogP contribution is -2.11. The van der Waals surface area contributed by atoms with Crippen LogP contribution in [-0.4, -0.2) is 18.1 Å². The van der Waals surface area contributed by atoms with E-state index in [1.165, 1.54) is 0 Å². The van der Waals surface area contributed by atoms with Gasteiger partial charge in [-0.2, -0.15) is 0 Å². The van der Waals surface area contributed by atoms with Crippen molar-refractivity contribution in [2.45, 2.75) is 0 Å². The molecule has 3 nitrogen and oxygen atoms in total. The van der Waals surface area contributed by atoms with Gasteiger partial charge in [-0.15, -0.1) is 0 Å². The van der Waals surface area contributed by atoms with Crippen molar-refractivity contribution in [1.29, 1.82) is 0 Å². The van der Waals surface area contributed by atoms with Gasteiger partial charge < -0.3 is 10.5 Å². The molecule has 0 saturated carbocycles. The van der Waals surface area contributed by atoms with E-state index < -0.39 is 0 Å². The molecule has 0 bridgehead atoms. The first-order valence-electron chi connectivity index (χ1n) is 3.38. The van der Waals surface area contributed by atoms with Gasteiger partial charge >= 0.3 is 0 Å². The quantitative estimate of drug-likeness (QED) is 0.927. The standard InChI is InChI=1S/C7H8Br2N2O/c8-5-3-6(9)7(11-4-5)12-2-1-10/h3-4H,1-2,10H2. The largest absolute Gasteiger partial charge is 0.476 e. The number of pyridine rings is 1. The second-order valence-corrected chi connectivity index (χ2v) is 3.85. The minimum atomic E-state index is 0.479. The molecule has 0 aliphatic rings. The number of ether oxygens (including phenoxy) is 1. The van der Waals surface area contributed by atoms with E-state index in [1.54, 1.807) is 6.20 Å². The number of halogens is 2. The third kappa shape index (κ3) is 2.73. The Bertz CT molecular complexity index is 268. The highest BCUT2D eigenvalue weighted by Gasteiger charge is 2.01. The molecule has 0 aromatic carbocycles. The predicted octanol–water partition coefficient (Wildman–Crippen LogP) is 1.94. The van der Waals surface area contributed by atoms with Gasteiger partial charge in [0.15, 0.2) is 0 Å². The van der Waals surface area contributed by atoms with Crippen LogP contribution in [0.25, 0.3) is 0 Å². The van der Waals surface area contributed by atoms with Crippen LogP contribution in [0.5, 0.6) is 5.88 Å². The van der Waals surface area contributed by atoms with Crippen molar-refractivity contribution in [3.05, 3.63) is 21.2 Å². The second kappa shape index (κ2) is 4.79. The Morgan fingerprint density at radius 2 is 2.25 bits per heavy atom. The summed E-state index contributed by atoms with van der Waals surface area (Å²) < 4.78 is 6.97. The van der Waals surface area contributed by atoms with E-state index in [-0.39, 0.29) is 0 Å². The molecule has 1 heterocycles. The first kappa shape index (κ1) is 9.95. The number of rotatable bonds is 3. The molecule has 0 aliphatic heterocycles. The van der Waals surface area contributed by atoms with Gasteiger partial charge in [0.05, 0.1) is 4.47 Å². The molecule has 0 spiro atoms. The lowest BCUT2D eigenvalue weighted by Gasteiger charge is -2.04. The molecule has 0 unspecified atom stereocenters. The lowest BCUT2D eigenvalue weighted by atomic mass is 10.5. The SMILES string of the molecule is NCCOc1ncc(Br)cc1Br. The zero-order chi connectivity index (χ0) is 8.97. The number of nitrogens with two attached hydrogens (primary N) is 1. The average Bonchev–Trinajstić information content (AvgIpc) is 2.03. The zero-order valence-electron chi connectivity index (χ0n) is 6.26. The molecule has 2 N–H and O–H groups in total. The van der Waals surface area contributed by atoms with E-state index in [0.717, 1.165) is 8.95 Å². The van der Waals surface area contributed by atoms with Crippen molar-refractivity contribution in [3.63, 3.8) is 0 Å². The first-order valence-corrected chi connectivity index (χ1v) is 4.96. The van der Waals surface area contributed by atoms with E-state index in [2.05, 4.69) is 36.8 Å². The van der Waals surface area contributed by atoms with Crippen molar-refractivity contribution in [3.8, 4) is 5.88 Å². The third-order valence-electron chi connectivity index (χ3n) is 1.13. The molecule has 0 radical (unpaired) electrons. The molecule has 5 heteroatoms. The molecule has 1 aromatic rings. The molecule has 66 valence electrons. The fraction of sp³-hybridized carbons (Fsp3) is 0.286. The van der Waals surface area contributed by atoms with E-state index in [0.29, 0.717) is 19.0 Å². The lowest BCUT2D eigenvalue weighted by molar-refractivity contribution is 0.313. The minimum Gasteiger partial charge on any atom is -0.476 e. The minimum absolute atomic E-state index is 0.479. The number of nitrogens with zero attached hydrogens (tertiary/aromatic N) is 1. The van der Waals surface area contributed by atoms with Crippen LogP contribution >= 0.6 is 31.9 Å². The molecule has 1 aromatic heterocycles. The van der Waals surface area contributed by atoms with Crippen LogP contribution in [0.1, 0.15) is 0 Å². The Kier molecular flexibility index (Phi) is 3.97. The number of hydrogen-bond donors (Lipinski definition) is 1. The maximum atomic E-state index is 5.28. The fourth-order valence-electron chi connectivity index (χ4n) is 0.664. The van der Waals surface area contributed by atoms with Crippen molar-refractivity contribution >= 4 is 31.9 Å². The summed E-state index contributed by atoms with van der Waals surface area (Å²) in [5.74, 6) is 0.573. The van der Waals surface area contributed by atoms with Gasteiger partial charge in [-0.25, -0.2) is 4.98 Å². The van der Waals surface area contributed by atoms with Crippen LogP contribution in [0, 0.1) is 0 Å². The average molecular weight is 296 g/mol. The van der Waals surface area contributed by atoms with Crippen molar-refractivity contribution in [2.75, 3.05) is 13.2 Å². The Labute approximate surface area is 87.6 Å². The van der Waals surface area contributed by atoms with Crippen LogP contribution in [-0.2, 0) is 0 Å². The normalized spacial score (nSPS) is 9.92. The van der Waals surface area contributed by atoms with E-state index in [1.807, 2.05) is 6.07 Å². The Morgan fingerprint density at radius 3 is 2.83 bits per heavy atom. The molecule has 0 fully saturated rings. The summed E-state index contributed by atoms with van der Waals surface area (Å²) in [7, 11) is 0. The van der Waals surface area contributed by atoms with Gasteiger partial charge in [-0.05, 0) is 37.9 Å². The summed E-state index contributed by atoms with van der Waals surface area (Å²) in [6, 6.07) is 1.87. The number of hydrogen-bond acceptors (Lipinski definition) is 3. The van der Waals surface area contributed by atoms with E-state index in [4.69, 9.17) is 10.5 Å². The first-order chi connectivity index (χ1) is 5.74. The van der Waals surface area contributed by atoms with Gasteiger partial charge in [0.1, 0.15) is 6.61 Å². The van der Waals surface area contributed by atoms with Crippen LogP contribution in [0.15, 0.2) is 21.2 Å². The van der Waals surface area contributed by atoms with Crippen LogP contribution in [0.4, 0.5) is 0 Å². The summed E-state index contributed by atoms with van der Waals surface area (Å²) in [5.41, 5.74) is 5.28. The summed E-state index contributed by atoms with van der Waals surface area (Å²) >= 11 is 6.61.